The summed E-state index contributed by atoms with van der Waals surface area (Å²) in [6.07, 6.45) is 0. The van der Waals surface area contributed by atoms with Crippen LogP contribution in [0.15, 0.2) is 24.3 Å². The number of halogens is 1. The van der Waals surface area contributed by atoms with Crippen LogP contribution in [0.4, 0.5) is 4.39 Å². The lowest BCUT2D eigenvalue weighted by atomic mass is 9.79. The van der Waals surface area contributed by atoms with Crippen LogP contribution in [0.5, 0.6) is 0 Å². The standard InChI is InChI=1S/C8H10BFO3/c10-8-3-1-2-7(6-8)9(12)13-5-4-11/h1-3,6,11-12H,4-5H2. The zero-order valence-electron chi connectivity index (χ0n) is 6.98. The van der Waals surface area contributed by atoms with Crippen molar-refractivity contribution in [2.24, 2.45) is 0 Å². The molecule has 0 heterocycles. The van der Waals surface area contributed by atoms with E-state index in [4.69, 9.17) is 9.76 Å². The van der Waals surface area contributed by atoms with Crippen molar-refractivity contribution in [3.63, 3.8) is 0 Å². The van der Waals surface area contributed by atoms with Gasteiger partial charge in [-0.3, -0.25) is 0 Å². The van der Waals surface area contributed by atoms with Gasteiger partial charge in [0.05, 0.1) is 13.2 Å². The highest BCUT2D eigenvalue weighted by atomic mass is 19.1. The largest absolute Gasteiger partial charge is 0.491 e. The van der Waals surface area contributed by atoms with Crippen LogP contribution in [-0.4, -0.2) is 30.5 Å². The molecule has 0 amide bonds. The maximum atomic E-state index is 12.6. The molecule has 0 spiro atoms. The van der Waals surface area contributed by atoms with Crippen LogP contribution in [0.25, 0.3) is 0 Å². The summed E-state index contributed by atoms with van der Waals surface area (Å²) < 4.78 is 17.4. The van der Waals surface area contributed by atoms with E-state index in [1.54, 1.807) is 6.07 Å². The number of benzene rings is 1. The first kappa shape index (κ1) is 10.2. The molecule has 0 aliphatic rings. The van der Waals surface area contributed by atoms with Crippen molar-refractivity contribution in [2.45, 2.75) is 0 Å². The fraction of sp³-hybridized carbons (Fsp3) is 0.250. The first-order valence-electron chi connectivity index (χ1n) is 3.90. The molecule has 13 heavy (non-hydrogen) atoms. The SMILES string of the molecule is OCCOB(O)c1cccc(F)c1. The normalized spacial score (nSPS) is 10.1. The molecule has 0 fully saturated rings. The van der Waals surface area contributed by atoms with Gasteiger partial charge in [-0.2, -0.15) is 0 Å². The Morgan fingerprint density at radius 2 is 2.23 bits per heavy atom. The minimum atomic E-state index is -1.18. The van der Waals surface area contributed by atoms with Gasteiger partial charge in [-0.25, -0.2) is 4.39 Å². The quantitative estimate of drug-likeness (QED) is 0.621. The van der Waals surface area contributed by atoms with E-state index in [1.165, 1.54) is 18.2 Å². The predicted octanol–water partition coefficient (Wildman–Crippen LogP) is -0.478. The summed E-state index contributed by atoms with van der Waals surface area (Å²) in [6.45, 7) is -0.149. The predicted molar refractivity (Wildman–Crippen MR) is 47.0 cm³/mol. The highest BCUT2D eigenvalue weighted by Gasteiger charge is 2.15. The molecule has 0 aromatic heterocycles. The van der Waals surface area contributed by atoms with Crippen LogP contribution in [0, 0.1) is 5.82 Å². The van der Waals surface area contributed by atoms with Crippen LogP contribution >= 0.6 is 0 Å². The Balaban J connectivity index is 2.60. The Kier molecular flexibility index (Phi) is 3.88. The van der Waals surface area contributed by atoms with Crippen LogP contribution in [-0.2, 0) is 4.65 Å². The van der Waals surface area contributed by atoms with Gasteiger partial charge in [0.2, 0.25) is 0 Å². The van der Waals surface area contributed by atoms with Gasteiger partial charge in [0.25, 0.3) is 0 Å². The Morgan fingerprint density at radius 3 is 2.85 bits per heavy atom. The van der Waals surface area contributed by atoms with Gasteiger partial charge in [-0.1, -0.05) is 12.1 Å². The second-order valence-electron chi connectivity index (χ2n) is 2.50. The molecule has 0 unspecified atom stereocenters. The summed E-state index contributed by atoms with van der Waals surface area (Å²) in [4.78, 5) is 0. The number of rotatable bonds is 4. The summed E-state index contributed by atoms with van der Waals surface area (Å²) in [5.74, 6) is -0.427. The Hall–Kier alpha value is -0.905. The Morgan fingerprint density at radius 1 is 1.46 bits per heavy atom. The molecule has 0 aliphatic heterocycles. The minimum Gasteiger partial charge on any atom is -0.423 e. The van der Waals surface area contributed by atoms with Crippen molar-refractivity contribution in [3.05, 3.63) is 30.1 Å². The molecule has 0 aliphatic carbocycles. The second kappa shape index (κ2) is 4.96. The van der Waals surface area contributed by atoms with Gasteiger partial charge in [0.15, 0.2) is 0 Å². The molecular weight excluding hydrogens is 174 g/mol. The Bertz CT molecular complexity index is 269. The van der Waals surface area contributed by atoms with Gasteiger partial charge in [0.1, 0.15) is 5.82 Å². The smallest absolute Gasteiger partial charge is 0.423 e. The number of hydrogen-bond acceptors (Lipinski definition) is 3. The number of hydrogen-bond donors (Lipinski definition) is 2. The number of aliphatic hydroxyl groups is 1. The highest BCUT2D eigenvalue weighted by molar-refractivity contribution is 6.59. The molecule has 0 radical (unpaired) electrons. The lowest BCUT2D eigenvalue weighted by Gasteiger charge is -2.06. The zero-order chi connectivity index (χ0) is 9.68. The third-order valence-electron chi connectivity index (χ3n) is 1.50. The van der Waals surface area contributed by atoms with E-state index in [9.17, 15) is 9.41 Å². The monoisotopic (exact) mass is 184 g/mol. The third kappa shape index (κ3) is 3.14. The maximum Gasteiger partial charge on any atom is 0.491 e. The van der Waals surface area contributed by atoms with E-state index in [0.717, 1.165) is 0 Å². The molecule has 0 bridgehead atoms. The first-order chi connectivity index (χ1) is 6.24. The van der Waals surface area contributed by atoms with Crippen molar-refractivity contribution in [1.82, 2.24) is 0 Å². The molecule has 1 aromatic rings. The summed E-state index contributed by atoms with van der Waals surface area (Å²) in [5, 5.41) is 17.7. The third-order valence-corrected chi connectivity index (χ3v) is 1.50. The molecular formula is C8H10BFO3. The van der Waals surface area contributed by atoms with Crippen molar-refractivity contribution in [2.75, 3.05) is 13.2 Å². The summed E-state index contributed by atoms with van der Waals surface area (Å²) in [5.41, 5.74) is 0.341. The molecule has 0 saturated carbocycles. The van der Waals surface area contributed by atoms with Crippen LogP contribution in [0.2, 0.25) is 0 Å². The van der Waals surface area contributed by atoms with E-state index < -0.39 is 12.9 Å². The average molecular weight is 184 g/mol. The van der Waals surface area contributed by atoms with Crippen molar-refractivity contribution < 1.29 is 19.2 Å². The van der Waals surface area contributed by atoms with Crippen LogP contribution in [0.1, 0.15) is 0 Å². The second-order valence-corrected chi connectivity index (χ2v) is 2.50. The lowest BCUT2D eigenvalue weighted by molar-refractivity contribution is 0.183. The fourth-order valence-electron chi connectivity index (χ4n) is 0.921. The van der Waals surface area contributed by atoms with E-state index >= 15 is 0 Å². The van der Waals surface area contributed by atoms with Gasteiger partial charge >= 0.3 is 7.12 Å². The molecule has 3 nitrogen and oxygen atoms in total. The van der Waals surface area contributed by atoms with E-state index in [0.29, 0.717) is 5.46 Å². The van der Waals surface area contributed by atoms with Crippen LogP contribution < -0.4 is 5.46 Å². The Labute approximate surface area is 75.9 Å². The van der Waals surface area contributed by atoms with Gasteiger partial charge < -0.3 is 14.8 Å². The topological polar surface area (TPSA) is 49.7 Å². The van der Waals surface area contributed by atoms with Crippen molar-refractivity contribution in [1.29, 1.82) is 0 Å². The zero-order valence-corrected chi connectivity index (χ0v) is 6.98. The van der Waals surface area contributed by atoms with E-state index in [-0.39, 0.29) is 13.2 Å². The van der Waals surface area contributed by atoms with Crippen molar-refractivity contribution in [3.8, 4) is 0 Å². The van der Waals surface area contributed by atoms with Gasteiger partial charge in [-0.05, 0) is 17.6 Å². The molecule has 70 valence electrons. The summed E-state index contributed by atoms with van der Waals surface area (Å²) in [7, 11) is -1.18. The molecule has 1 aromatic carbocycles. The van der Waals surface area contributed by atoms with Gasteiger partial charge in [0, 0.05) is 0 Å². The van der Waals surface area contributed by atoms with Crippen LogP contribution in [0.3, 0.4) is 0 Å². The summed E-state index contributed by atoms with van der Waals surface area (Å²) >= 11 is 0. The summed E-state index contributed by atoms with van der Waals surface area (Å²) in [6, 6.07) is 5.49. The van der Waals surface area contributed by atoms with E-state index in [2.05, 4.69) is 0 Å². The molecule has 0 atom stereocenters. The molecule has 1 rings (SSSR count). The first-order valence-corrected chi connectivity index (χ1v) is 3.90. The fourth-order valence-corrected chi connectivity index (χ4v) is 0.921. The van der Waals surface area contributed by atoms with Crippen molar-refractivity contribution >= 4 is 12.6 Å². The maximum absolute atomic E-state index is 12.6. The molecule has 0 saturated heterocycles. The lowest BCUT2D eigenvalue weighted by Crippen LogP contribution is -2.34. The van der Waals surface area contributed by atoms with Gasteiger partial charge in [-0.15, -0.1) is 0 Å². The highest BCUT2D eigenvalue weighted by Crippen LogP contribution is 1.94. The van der Waals surface area contributed by atoms with E-state index in [1.807, 2.05) is 0 Å². The molecule has 2 N–H and O–H groups in total. The average Bonchev–Trinajstić information content (AvgIpc) is 2.14. The molecule has 5 heteroatoms. The minimum absolute atomic E-state index is 0.0255. The number of aliphatic hydroxyl groups excluding tert-OH is 1.